The first-order valence-corrected chi connectivity index (χ1v) is 12.6. The summed E-state index contributed by atoms with van der Waals surface area (Å²) in [5.41, 5.74) is 10.2. The van der Waals surface area contributed by atoms with E-state index in [0.29, 0.717) is 52.4 Å². The molecule has 1 aliphatic heterocycles. The number of hydrogen-bond donors (Lipinski definition) is 2. The molecule has 1 amide bonds. The minimum atomic E-state index is -0.204. The number of aliphatic hydroxyl groups excluding tert-OH is 1. The van der Waals surface area contributed by atoms with E-state index in [9.17, 15) is 14.7 Å². The van der Waals surface area contributed by atoms with Gasteiger partial charge in [0.15, 0.2) is 0 Å². The van der Waals surface area contributed by atoms with Crippen LogP contribution in [0, 0.1) is 0 Å². The number of aromatic nitrogens is 2. The predicted octanol–water partition coefficient (Wildman–Crippen LogP) is 3.49. The van der Waals surface area contributed by atoms with E-state index >= 15 is 0 Å². The van der Waals surface area contributed by atoms with Crippen LogP contribution in [0.2, 0.25) is 0 Å². The van der Waals surface area contributed by atoms with Gasteiger partial charge in [0.25, 0.3) is 5.56 Å². The highest BCUT2D eigenvalue weighted by molar-refractivity contribution is 6.06. The molecule has 0 saturated carbocycles. The summed E-state index contributed by atoms with van der Waals surface area (Å²) in [4.78, 5) is 36.9. The fourth-order valence-electron chi connectivity index (χ4n) is 4.60. The summed E-state index contributed by atoms with van der Waals surface area (Å²) in [5, 5.41) is 9.64. The Morgan fingerprint density at radius 3 is 2.59 bits per heavy atom. The van der Waals surface area contributed by atoms with Gasteiger partial charge in [-0.2, -0.15) is 0 Å². The Morgan fingerprint density at radius 2 is 1.92 bits per heavy atom. The van der Waals surface area contributed by atoms with E-state index in [1.54, 1.807) is 13.2 Å². The number of nitrogens with zero attached hydrogens (tertiary/aromatic N) is 4. The summed E-state index contributed by atoms with van der Waals surface area (Å²) in [6, 6.07) is 9.20. The number of rotatable bonds is 9. The maximum atomic E-state index is 13.3. The SMILES string of the molecule is CCCN(CCC)C(=O)C1=Cc2c(cc(-c3ccc4c(=O)n(CCO)cnc4c3)cc2OC)N=C(N)C1. The van der Waals surface area contributed by atoms with E-state index in [4.69, 9.17) is 10.5 Å². The minimum absolute atomic E-state index is 0.0340. The topological polar surface area (TPSA) is 123 Å². The fraction of sp³-hybridized carbons (Fsp3) is 0.357. The largest absolute Gasteiger partial charge is 0.496 e. The molecule has 9 heteroatoms. The normalized spacial score (nSPS) is 13.0. The lowest BCUT2D eigenvalue weighted by Gasteiger charge is -2.22. The Bertz CT molecular complexity index is 1430. The molecule has 0 spiro atoms. The van der Waals surface area contributed by atoms with Gasteiger partial charge in [0.05, 0.1) is 43.2 Å². The van der Waals surface area contributed by atoms with Gasteiger partial charge in [-0.25, -0.2) is 9.98 Å². The standard InChI is InChI=1S/C28H33N5O4/c1-4-8-32(9-5-2)27(35)20-12-22-24(31-26(29)16-20)14-19(15-25(22)37-3)18-6-7-21-23(13-18)30-17-33(10-11-34)28(21)36/h6-7,12-15,17,34H,4-5,8-11,16H2,1-3H3,(H2,29,31). The summed E-state index contributed by atoms with van der Waals surface area (Å²) in [6.07, 6.45) is 5.30. The average molecular weight is 504 g/mol. The van der Waals surface area contributed by atoms with Crippen LogP contribution < -0.4 is 16.0 Å². The summed E-state index contributed by atoms with van der Waals surface area (Å²) in [6.45, 7) is 5.54. The Labute approximate surface area is 215 Å². The Morgan fingerprint density at radius 1 is 1.16 bits per heavy atom. The van der Waals surface area contributed by atoms with Crippen LogP contribution in [-0.4, -0.2) is 58.1 Å². The number of carbonyl (C=O) groups excluding carboxylic acids is 1. The van der Waals surface area contributed by atoms with Crippen molar-refractivity contribution in [3.05, 3.63) is 58.1 Å². The quantitative estimate of drug-likeness (QED) is 0.461. The monoisotopic (exact) mass is 503 g/mol. The second kappa shape index (κ2) is 11.4. The van der Waals surface area contributed by atoms with Gasteiger partial charge in [0, 0.05) is 30.6 Å². The van der Waals surface area contributed by atoms with Crippen molar-refractivity contribution in [2.75, 3.05) is 26.8 Å². The first-order chi connectivity index (χ1) is 17.9. The molecule has 0 fully saturated rings. The van der Waals surface area contributed by atoms with E-state index in [-0.39, 0.29) is 31.0 Å². The van der Waals surface area contributed by atoms with Crippen LogP contribution in [0.5, 0.6) is 5.75 Å². The van der Waals surface area contributed by atoms with Crippen molar-refractivity contribution >= 4 is 34.4 Å². The van der Waals surface area contributed by atoms with Gasteiger partial charge < -0.3 is 20.5 Å². The van der Waals surface area contributed by atoms with Gasteiger partial charge in [0.1, 0.15) is 11.6 Å². The van der Waals surface area contributed by atoms with Crippen LogP contribution in [-0.2, 0) is 11.3 Å². The van der Waals surface area contributed by atoms with Crippen molar-refractivity contribution in [3.8, 4) is 16.9 Å². The minimum Gasteiger partial charge on any atom is -0.496 e. The molecule has 2 heterocycles. The number of aliphatic hydroxyl groups is 1. The van der Waals surface area contributed by atoms with E-state index in [0.717, 1.165) is 24.0 Å². The van der Waals surface area contributed by atoms with E-state index < -0.39 is 0 Å². The van der Waals surface area contributed by atoms with Gasteiger partial charge in [-0.15, -0.1) is 0 Å². The van der Waals surface area contributed by atoms with Gasteiger partial charge in [-0.3, -0.25) is 14.2 Å². The Hall–Kier alpha value is -3.98. The average Bonchev–Trinajstić information content (AvgIpc) is 3.07. The number of ether oxygens (including phenoxy) is 1. The lowest BCUT2D eigenvalue weighted by atomic mass is 9.99. The number of amidine groups is 1. The summed E-state index contributed by atoms with van der Waals surface area (Å²) in [5.74, 6) is 0.892. The molecule has 3 aromatic rings. The van der Waals surface area contributed by atoms with Gasteiger partial charge >= 0.3 is 0 Å². The number of nitrogens with two attached hydrogens (primary N) is 1. The number of amides is 1. The van der Waals surface area contributed by atoms with Crippen molar-refractivity contribution in [2.24, 2.45) is 10.7 Å². The molecule has 2 aromatic carbocycles. The van der Waals surface area contributed by atoms with Crippen LogP contribution in [0.1, 0.15) is 38.7 Å². The molecule has 1 aromatic heterocycles. The molecule has 194 valence electrons. The molecule has 0 unspecified atom stereocenters. The van der Waals surface area contributed by atoms with E-state index in [2.05, 4.69) is 23.8 Å². The maximum Gasteiger partial charge on any atom is 0.261 e. The highest BCUT2D eigenvalue weighted by Crippen LogP contribution is 2.39. The van der Waals surface area contributed by atoms with Crippen molar-refractivity contribution in [1.82, 2.24) is 14.5 Å². The molecule has 0 saturated heterocycles. The van der Waals surface area contributed by atoms with Crippen LogP contribution >= 0.6 is 0 Å². The first kappa shape index (κ1) is 26.1. The molecule has 0 radical (unpaired) electrons. The third kappa shape index (κ3) is 5.41. The second-order valence-electron chi connectivity index (χ2n) is 9.05. The number of aliphatic imine (C=N–C) groups is 1. The molecule has 37 heavy (non-hydrogen) atoms. The molecule has 9 nitrogen and oxygen atoms in total. The lowest BCUT2D eigenvalue weighted by Crippen LogP contribution is -2.34. The highest BCUT2D eigenvalue weighted by Gasteiger charge is 2.23. The van der Waals surface area contributed by atoms with Crippen LogP contribution in [0.25, 0.3) is 28.1 Å². The van der Waals surface area contributed by atoms with Crippen molar-refractivity contribution in [3.63, 3.8) is 0 Å². The zero-order valence-electron chi connectivity index (χ0n) is 21.5. The zero-order valence-corrected chi connectivity index (χ0v) is 21.5. The van der Waals surface area contributed by atoms with E-state index in [1.165, 1.54) is 10.9 Å². The first-order valence-electron chi connectivity index (χ1n) is 12.6. The van der Waals surface area contributed by atoms with Gasteiger partial charge in [-0.05, 0) is 54.3 Å². The number of fused-ring (bicyclic) bond motifs is 2. The molecular weight excluding hydrogens is 470 g/mol. The summed E-state index contributed by atoms with van der Waals surface area (Å²) < 4.78 is 7.11. The number of hydrogen-bond acceptors (Lipinski definition) is 7. The lowest BCUT2D eigenvalue weighted by molar-refractivity contribution is -0.127. The number of benzene rings is 2. The van der Waals surface area contributed by atoms with Crippen molar-refractivity contribution in [2.45, 2.75) is 39.7 Å². The number of carbonyl (C=O) groups is 1. The third-order valence-electron chi connectivity index (χ3n) is 6.34. The van der Waals surface area contributed by atoms with Crippen LogP contribution in [0.4, 0.5) is 5.69 Å². The Kier molecular flexibility index (Phi) is 8.03. The second-order valence-corrected chi connectivity index (χ2v) is 9.05. The molecule has 4 rings (SSSR count). The molecule has 0 aliphatic carbocycles. The van der Waals surface area contributed by atoms with Crippen molar-refractivity contribution in [1.29, 1.82) is 0 Å². The zero-order chi connectivity index (χ0) is 26.5. The molecular formula is C28H33N5O4. The molecule has 0 bridgehead atoms. The highest BCUT2D eigenvalue weighted by atomic mass is 16.5. The van der Waals surface area contributed by atoms with Crippen LogP contribution in [0.3, 0.4) is 0 Å². The van der Waals surface area contributed by atoms with Gasteiger partial charge in [-0.1, -0.05) is 19.9 Å². The molecule has 0 atom stereocenters. The molecule has 3 N–H and O–H groups in total. The van der Waals surface area contributed by atoms with Crippen molar-refractivity contribution < 1.29 is 14.6 Å². The fourth-order valence-corrected chi connectivity index (χ4v) is 4.60. The summed E-state index contributed by atoms with van der Waals surface area (Å²) in [7, 11) is 1.58. The van der Waals surface area contributed by atoms with E-state index in [1.807, 2.05) is 35.2 Å². The molecule has 1 aliphatic rings. The number of methoxy groups -OCH3 is 1. The smallest absolute Gasteiger partial charge is 0.261 e. The van der Waals surface area contributed by atoms with Crippen LogP contribution in [0.15, 0.2) is 52.0 Å². The Balaban J connectivity index is 1.79. The van der Waals surface area contributed by atoms with Gasteiger partial charge in [0.2, 0.25) is 5.91 Å². The summed E-state index contributed by atoms with van der Waals surface area (Å²) >= 11 is 0. The third-order valence-corrected chi connectivity index (χ3v) is 6.34. The maximum absolute atomic E-state index is 13.3. The predicted molar refractivity (Wildman–Crippen MR) is 146 cm³/mol.